The summed E-state index contributed by atoms with van der Waals surface area (Å²) in [7, 11) is 0. The molecule has 2 rings (SSSR count). The van der Waals surface area contributed by atoms with Gasteiger partial charge in [0.15, 0.2) is 0 Å². The van der Waals surface area contributed by atoms with Crippen LogP contribution in [0.25, 0.3) is 0 Å². The Balaban J connectivity index is 1.93. The van der Waals surface area contributed by atoms with Crippen molar-refractivity contribution in [3.8, 4) is 0 Å². The van der Waals surface area contributed by atoms with Crippen LogP contribution in [0, 0.1) is 0 Å². The SMILES string of the molecule is CC(O)CC1CCCCCN1C(=O)NCc1ccccc1. The molecule has 1 heterocycles. The van der Waals surface area contributed by atoms with Crippen LogP contribution in [0.4, 0.5) is 4.79 Å². The Bertz CT molecular complexity index is 434. The monoisotopic (exact) mass is 290 g/mol. The summed E-state index contributed by atoms with van der Waals surface area (Å²) in [5, 5.41) is 12.7. The van der Waals surface area contributed by atoms with Crippen LogP contribution in [-0.2, 0) is 6.54 Å². The van der Waals surface area contributed by atoms with Crippen LogP contribution in [0.2, 0.25) is 0 Å². The lowest BCUT2D eigenvalue weighted by molar-refractivity contribution is 0.122. The highest BCUT2D eigenvalue weighted by Gasteiger charge is 2.26. The average molecular weight is 290 g/mol. The number of nitrogens with zero attached hydrogens (tertiary/aromatic N) is 1. The van der Waals surface area contributed by atoms with Crippen molar-refractivity contribution in [2.45, 2.75) is 57.7 Å². The van der Waals surface area contributed by atoms with E-state index >= 15 is 0 Å². The molecule has 2 N–H and O–H groups in total. The predicted molar refractivity (Wildman–Crippen MR) is 83.9 cm³/mol. The molecule has 116 valence electrons. The molecule has 1 aromatic carbocycles. The Morgan fingerprint density at radius 3 is 2.81 bits per heavy atom. The molecule has 0 saturated carbocycles. The number of urea groups is 1. The highest BCUT2D eigenvalue weighted by atomic mass is 16.3. The highest BCUT2D eigenvalue weighted by molar-refractivity contribution is 5.74. The van der Waals surface area contributed by atoms with Crippen LogP contribution in [0.5, 0.6) is 0 Å². The van der Waals surface area contributed by atoms with Crippen LogP contribution >= 0.6 is 0 Å². The third kappa shape index (κ3) is 5.05. The molecule has 0 spiro atoms. The van der Waals surface area contributed by atoms with E-state index in [1.165, 1.54) is 6.42 Å². The number of rotatable bonds is 4. The van der Waals surface area contributed by atoms with E-state index in [0.717, 1.165) is 31.4 Å². The molecule has 0 aromatic heterocycles. The number of carbonyl (C=O) groups excluding carboxylic acids is 1. The number of benzene rings is 1. The molecule has 1 saturated heterocycles. The smallest absolute Gasteiger partial charge is 0.317 e. The van der Waals surface area contributed by atoms with E-state index in [1.807, 2.05) is 35.2 Å². The molecular formula is C17H26N2O2. The van der Waals surface area contributed by atoms with E-state index < -0.39 is 0 Å². The fourth-order valence-electron chi connectivity index (χ4n) is 2.96. The Morgan fingerprint density at radius 1 is 1.33 bits per heavy atom. The Labute approximate surface area is 127 Å². The number of aliphatic hydroxyl groups is 1. The van der Waals surface area contributed by atoms with Gasteiger partial charge in [0, 0.05) is 19.1 Å². The van der Waals surface area contributed by atoms with Gasteiger partial charge in [-0.25, -0.2) is 4.79 Å². The number of hydrogen-bond acceptors (Lipinski definition) is 2. The number of likely N-dealkylation sites (tertiary alicyclic amines) is 1. The van der Waals surface area contributed by atoms with E-state index in [1.54, 1.807) is 6.92 Å². The van der Waals surface area contributed by atoms with Gasteiger partial charge in [-0.05, 0) is 31.7 Å². The molecule has 2 atom stereocenters. The van der Waals surface area contributed by atoms with Crippen molar-refractivity contribution < 1.29 is 9.90 Å². The van der Waals surface area contributed by atoms with Gasteiger partial charge in [-0.15, -0.1) is 0 Å². The minimum atomic E-state index is -0.363. The van der Waals surface area contributed by atoms with Gasteiger partial charge in [0.25, 0.3) is 0 Å². The first kappa shape index (κ1) is 15.8. The van der Waals surface area contributed by atoms with Crippen molar-refractivity contribution in [3.05, 3.63) is 35.9 Å². The highest BCUT2D eigenvalue weighted by Crippen LogP contribution is 2.20. The fraction of sp³-hybridized carbons (Fsp3) is 0.588. The minimum Gasteiger partial charge on any atom is -0.393 e. The topological polar surface area (TPSA) is 52.6 Å². The van der Waals surface area contributed by atoms with Crippen LogP contribution in [0.1, 0.15) is 44.6 Å². The quantitative estimate of drug-likeness (QED) is 0.896. The molecule has 2 amide bonds. The van der Waals surface area contributed by atoms with Crippen LogP contribution < -0.4 is 5.32 Å². The number of aliphatic hydroxyl groups excluding tert-OH is 1. The lowest BCUT2D eigenvalue weighted by Crippen LogP contribution is -2.46. The molecule has 1 fully saturated rings. The third-order valence-corrected chi connectivity index (χ3v) is 4.04. The maximum Gasteiger partial charge on any atom is 0.317 e. The average Bonchev–Trinajstić information content (AvgIpc) is 2.71. The third-order valence-electron chi connectivity index (χ3n) is 4.04. The van der Waals surface area contributed by atoms with Crippen molar-refractivity contribution in [2.24, 2.45) is 0 Å². The second-order valence-corrected chi connectivity index (χ2v) is 5.93. The first-order valence-corrected chi connectivity index (χ1v) is 7.93. The summed E-state index contributed by atoms with van der Waals surface area (Å²) in [5.74, 6) is 0. The van der Waals surface area contributed by atoms with Gasteiger partial charge < -0.3 is 15.3 Å². The van der Waals surface area contributed by atoms with Gasteiger partial charge in [0.05, 0.1) is 6.10 Å². The summed E-state index contributed by atoms with van der Waals surface area (Å²) in [5.41, 5.74) is 1.10. The summed E-state index contributed by atoms with van der Waals surface area (Å²) in [6, 6.07) is 10.1. The van der Waals surface area contributed by atoms with E-state index in [-0.39, 0.29) is 18.2 Å². The van der Waals surface area contributed by atoms with Crippen molar-refractivity contribution in [1.29, 1.82) is 0 Å². The summed E-state index contributed by atoms with van der Waals surface area (Å²) < 4.78 is 0. The molecule has 4 nitrogen and oxygen atoms in total. The summed E-state index contributed by atoms with van der Waals surface area (Å²) >= 11 is 0. The largest absolute Gasteiger partial charge is 0.393 e. The Kier molecular flexibility index (Phi) is 6.05. The standard InChI is InChI=1S/C17H26N2O2/c1-14(20)12-16-10-6-3-7-11-19(16)17(21)18-13-15-8-4-2-5-9-15/h2,4-5,8-9,14,16,20H,3,6-7,10-13H2,1H3,(H,18,21). The van der Waals surface area contributed by atoms with E-state index in [4.69, 9.17) is 0 Å². The molecule has 4 heteroatoms. The predicted octanol–water partition coefficient (Wildman–Crippen LogP) is 2.91. The number of carbonyl (C=O) groups is 1. The van der Waals surface area contributed by atoms with Crippen LogP contribution in [0.3, 0.4) is 0 Å². The summed E-state index contributed by atoms with van der Waals surface area (Å²) in [6.07, 6.45) is 4.65. The maximum atomic E-state index is 12.4. The second kappa shape index (κ2) is 8.03. The second-order valence-electron chi connectivity index (χ2n) is 5.93. The van der Waals surface area contributed by atoms with Crippen molar-refractivity contribution in [1.82, 2.24) is 10.2 Å². The molecule has 1 aliphatic rings. The molecule has 2 unspecified atom stereocenters. The van der Waals surface area contributed by atoms with E-state index in [9.17, 15) is 9.90 Å². The van der Waals surface area contributed by atoms with Gasteiger partial charge in [-0.3, -0.25) is 0 Å². The first-order valence-electron chi connectivity index (χ1n) is 7.93. The van der Waals surface area contributed by atoms with Crippen LogP contribution in [-0.4, -0.2) is 34.7 Å². The van der Waals surface area contributed by atoms with Crippen molar-refractivity contribution in [3.63, 3.8) is 0 Å². The summed E-state index contributed by atoms with van der Waals surface area (Å²) in [6.45, 7) is 3.14. The van der Waals surface area contributed by atoms with Gasteiger partial charge in [0.1, 0.15) is 0 Å². The van der Waals surface area contributed by atoms with Crippen molar-refractivity contribution in [2.75, 3.05) is 6.54 Å². The molecular weight excluding hydrogens is 264 g/mol. The lowest BCUT2D eigenvalue weighted by atomic mass is 10.0. The van der Waals surface area contributed by atoms with Crippen LogP contribution in [0.15, 0.2) is 30.3 Å². The molecule has 21 heavy (non-hydrogen) atoms. The van der Waals surface area contributed by atoms with Gasteiger partial charge >= 0.3 is 6.03 Å². The van der Waals surface area contributed by atoms with Gasteiger partial charge in [0.2, 0.25) is 0 Å². The Hall–Kier alpha value is -1.55. The number of amides is 2. The van der Waals surface area contributed by atoms with Gasteiger partial charge in [-0.1, -0.05) is 43.2 Å². The molecule has 0 aliphatic carbocycles. The number of nitrogens with one attached hydrogen (secondary N) is 1. The van der Waals surface area contributed by atoms with Gasteiger partial charge in [-0.2, -0.15) is 0 Å². The first-order chi connectivity index (χ1) is 10.2. The molecule has 0 bridgehead atoms. The zero-order chi connectivity index (χ0) is 15.1. The molecule has 1 aliphatic heterocycles. The number of hydrogen-bond donors (Lipinski definition) is 2. The fourth-order valence-corrected chi connectivity index (χ4v) is 2.96. The lowest BCUT2D eigenvalue weighted by Gasteiger charge is -2.31. The minimum absolute atomic E-state index is 0.00796. The Morgan fingerprint density at radius 2 is 2.10 bits per heavy atom. The van der Waals surface area contributed by atoms with Crippen molar-refractivity contribution >= 4 is 6.03 Å². The normalized spacial score (nSPS) is 20.7. The molecule has 0 radical (unpaired) electrons. The summed E-state index contributed by atoms with van der Waals surface area (Å²) in [4.78, 5) is 14.4. The molecule has 1 aromatic rings. The van der Waals surface area contributed by atoms with E-state index in [0.29, 0.717) is 13.0 Å². The zero-order valence-corrected chi connectivity index (χ0v) is 12.8. The van der Waals surface area contributed by atoms with E-state index in [2.05, 4.69) is 5.32 Å². The zero-order valence-electron chi connectivity index (χ0n) is 12.8. The maximum absolute atomic E-state index is 12.4.